The largest absolute Gasteiger partial charge is 0.496 e. The van der Waals surface area contributed by atoms with Crippen LogP contribution in [-0.2, 0) is 6.61 Å². The lowest BCUT2D eigenvalue weighted by Crippen LogP contribution is -2.27. The number of hydrogen-bond acceptors (Lipinski definition) is 3. The molecule has 0 aliphatic heterocycles. The molecular weight excluding hydrogens is 338 g/mol. The van der Waals surface area contributed by atoms with Crippen LogP contribution < -0.4 is 14.8 Å². The van der Waals surface area contributed by atoms with E-state index in [9.17, 15) is 4.79 Å². The Morgan fingerprint density at radius 1 is 1.00 bits per heavy atom. The number of rotatable bonds is 7. The molecule has 0 aliphatic rings. The molecule has 3 aromatic carbocycles. The normalized spacial score (nSPS) is 10.8. The Morgan fingerprint density at radius 2 is 1.78 bits per heavy atom. The lowest BCUT2D eigenvalue weighted by atomic mass is 10.1. The minimum Gasteiger partial charge on any atom is -0.496 e. The van der Waals surface area contributed by atoms with Gasteiger partial charge in [0.1, 0.15) is 18.1 Å². The first-order valence-electron chi connectivity index (χ1n) is 9.13. The van der Waals surface area contributed by atoms with Gasteiger partial charge in [-0.3, -0.25) is 4.79 Å². The molecule has 0 aliphatic carbocycles. The minimum atomic E-state index is -0.0849. The third kappa shape index (κ3) is 4.79. The summed E-state index contributed by atoms with van der Waals surface area (Å²) in [4.78, 5) is 12.3. The second-order valence-corrected chi connectivity index (χ2v) is 6.93. The summed E-state index contributed by atoms with van der Waals surface area (Å²) >= 11 is 0. The minimum absolute atomic E-state index is 0.0849. The van der Waals surface area contributed by atoms with Gasteiger partial charge in [-0.25, -0.2) is 0 Å². The molecule has 3 rings (SSSR count). The fraction of sp³-hybridized carbons (Fsp3) is 0.261. The fourth-order valence-corrected chi connectivity index (χ4v) is 2.85. The number of amides is 1. The highest BCUT2D eigenvalue weighted by atomic mass is 16.5. The van der Waals surface area contributed by atoms with Crippen molar-refractivity contribution in [3.05, 3.63) is 71.8 Å². The maximum Gasteiger partial charge on any atom is 0.251 e. The monoisotopic (exact) mass is 363 g/mol. The van der Waals surface area contributed by atoms with Gasteiger partial charge in [0.15, 0.2) is 0 Å². The van der Waals surface area contributed by atoms with Crippen molar-refractivity contribution < 1.29 is 14.3 Å². The Kier molecular flexibility index (Phi) is 5.97. The average Bonchev–Trinajstić information content (AvgIpc) is 2.70. The summed E-state index contributed by atoms with van der Waals surface area (Å²) in [6.07, 6.45) is 0. The fourth-order valence-electron chi connectivity index (χ4n) is 2.85. The van der Waals surface area contributed by atoms with E-state index >= 15 is 0 Å². The standard InChI is InChI=1S/C23H25NO3/c1-16(2)14-24-23(25)19-9-11-22(26-3)20(12-19)15-27-21-10-8-17-6-4-5-7-18(17)13-21/h4-13,16H,14-15H2,1-3H3,(H,24,25). The van der Waals surface area contributed by atoms with E-state index in [-0.39, 0.29) is 5.91 Å². The zero-order chi connectivity index (χ0) is 19.2. The molecule has 0 fully saturated rings. The Labute approximate surface area is 160 Å². The van der Waals surface area contributed by atoms with Gasteiger partial charge in [0.05, 0.1) is 7.11 Å². The number of hydrogen-bond donors (Lipinski definition) is 1. The van der Waals surface area contributed by atoms with Crippen LogP contribution in [0.1, 0.15) is 29.8 Å². The van der Waals surface area contributed by atoms with E-state index in [0.29, 0.717) is 30.4 Å². The average molecular weight is 363 g/mol. The van der Waals surface area contributed by atoms with E-state index in [0.717, 1.165) is 16.7 Å². The van der Waals surface area contributed by atoms with Crippen molar-refractivity contribution in [3.8, 4) is 11.5 Å². The molecule has 1 N–H and O–H groups in total. The van der Waals surface area contributed by atoms with Gasteiger partial charge in [-0.1, -0.05) is 44.2 Å². The molecule has 1 amide bonds. The highest BCUT2D eigenvalue weighted by Gasteiger charge is 2.11. The third-order valence-corrected chi connectivity index (χ3v) is 4.33. The number of carbonyl (C=O) groups excluding carboxylic acids is 1. The van der Waals surface area contributed by atoms with E-state index < -0.39 is 0 Å². The van der Waals surface area contributed by atoms with Crippen LogP contribution in [0.5, 0.6) is 11.5 Å². The molecule has 4 heteroatoms. The SMILES string of the molecule is COc1ccc(C(=O)NCC(C)C)cc1COc1ccc2ccccc2c1. The first kappa shape index (κ1) is 18.8. The number of carbonyl (C=O) groups is 1. The maximum atomic E-state index is 12.3. The number of ether oxygens (including phenoxy) is 2. The van der Waals surface area contributed by atoms with Gasteiger partial charge in [0, 0.05) is 17.7 Å². The van der Waals surface area contributed by atoms with E-state index in [1.165, 1.54) is 5.39 Å². The molecule has 140 valence electrons. The molecule has 0 spiro atoms. The summed E-state index contributed by atoms with van der Waals surface area (Å²) in [7, 11) is 1.62. The van der Waals surface area contributed by atoms with Crippen LogP contribution >= 0.6 is 0 Å². The van der Waals surface area contributed by atoms with Crippen molar-refractivity contribution in [2.45, 2.75) is 20.5 Å². The van der Waals surface area contributed by atoms with Gasteiger partial charge in [-0.2, -0.15) is 0 Å². The van der Waals surface area contributed by atoms with Crippen LogP contribution in [-0.4, -0.2) is 19.6 Å². The van der Waals surface area contributed by atoms with Gasteiger partial charge >= 0.3 is 0 Å². The topological polar surface area (TPSA) is 47.6 Å². The molecule has 0 bridgehead atoms. The number of methoxy groups -OCH3 is 1. The van der Waals surface area contributed by atoms with Gasteiger partial charge in [0.25, 0.3) is 5.91 Å². The molecule has 0 atom stereocenters. The van der Waals surface area contributed by atoms with Crippen molar-refractivity contribution in [1.29, 1.82) is 0 Å². The van der Waals surface area contributed by atoms with Crippen LogP contribution in [0.3, 0.4) is 0 Å². The van der Waals surface area contributed by atoms with E-state index in [1.807, 2.05) is 42.5 Å². The zero-order valence-corrected chi connectivity index (χ0v) is 16.0. The van der Waals surface area contributed by atoms with E-state index in [1.54, 1.807) is 13.2 Å². The van der Waals surface area contributed by atoms with Gasteiger partial charge in [-0.05, 0) is 47.0 Å². The predicted octanol–water partition coefficient (Wildman–Crippen LogP) is 4.81. The number of nitrogens with one attached hydrogen (secondary N) is 1. The number of benzene rings is 3. The predicted molar refractivity (Wildman–Crippen MR) is 108 cm³/mol. The van der Waals surface area contributed by atoms with Gasteiger partial charge in [-0.15, -0.1) is 0 Å². The Hall–Kier alpha value is -3.01. The smallest absolute Gasteiger partial charge is 0.251 e. The van der Waals surface area contributed by atoms with Crippen LogP contribution in [0.25, 0.3) is 10.8 Å². The van der Waals surface area contributed by atoms with E-state index in [2.05, 4.69) is 31.3 Å². The first-order valence-corrected chi connectivity index (χ1v) is 9.13. The Morgan fingerprint density at radius 3 is 2.52 bits per heavy atom. The lowest BCUT2D eigenvalue weighted by Gasteiger charge is -2.13. The molecule has 0 aromatic heterocycles. The highest BCUT2D eigenvalue weighted by molar-refractivity contribution is 5.94. The molecule has 0 radical (unpaired) electrons. The molecule has 0 unspecified atom stereocenters. The Bertz CT molecular complexity index is 934. The third-order valence-electron chi connectivity index (χ3n) is 4.33. The summed E-state index contributed by atoms with van der Waals surface area (Å²) < 4.78 is 11.4. The van der Waals surface area contributed by atoms with Crippen LogP contribution in [0.4, 0.5) is 0 Å². The Balaban J connectivity index is 1.75. The molecular formula is C23H25NO3. The first-order chi connectivity index (χ1) is 13.1. The summed E-state index contributed by atoms with van der Waals surface area (Å²) in [5.74, 6) is 1.81. The molecule has 0 saturated carbocycles. The second-order valence-electron chi connectivity index (χ2n) is 6.93. The quantitative estimate of drug-likeness (QED) is 0.655. The van der Waals surface area contributed by atoms with Crippen molar-refractivity contribution in [2.24, 2.45) is 5.92 Å². The lowest BCUT2D eigenvalue weighted by molar-refractivity contribution is 0.0949. The summed E-state index contributed by atoms with van der Waals surface area (Å²) in [6.45, 7) is 5.11. The van der Waals surface area contributed by atoms with E-state index in [4.69, 9.17) is 9.47 Å². The summed E-state index contributed by atoms with van der Waals surface area (Å²) in [6, 6.07) is 19.6. The van der Waals surface area contributed by atoms with Crippen LogP contribution in [0.2, 0.25) is 0 Å². The summed E-state index contributed by atoms with van der Waals surface area (Å²) in [5.41, 5.74) is 1.44. The maximum absolute atomic E-state index is 12.3. The highest BCUT2D eigenvalue weighted by Crippen LogP contribution is 2.25. The van der Waals surface area contributed by atoms with Crippen molar-refractivity contribution in [3.63, 3.8) is 0 Å². The van der Waals surface area contributed by atoms with Gasteiger partial charge < -0.3 is 14.8 Å². The van der Waals surface area contributed by atoms with Crippen molar-refractivity contribution in [2.75, 3.05) is 13.7 Å². The van der Waals surface area contributed by atoms with Crippen LogP contribution in [0, 0.1) is 5.92 Å². The molecule has 4 nitrogen and oxygen atoms in total. The summed E-state index contributed by atoms with van der Waals surface area (Å²) in [5, 5.41) is 5.24. The van der Waals surface area contributed by atoms with Crippen molar-refractivity contribution in [1.82, 2.24) is 5.32 Å². The number of fused-ring (bicyclic) bond motifs is 1. The van der Waals surface area contributed by atoms with Gasteiger partial charge in [0.2, 0.25) is 0 Å². The molecule has 0 heterocycles. The molecule has 27 heavy (non-hydrogen) atoms. The van der Waals surface area contributed by atoms with Crippen molar-refractivity contribution >= 4 is 16.7 Å². The second kappa shape index (κ2) is 8.58. The zero-order valence-electron chi connectivity index (χ0n) is 16.0. The van der Waals surface area contributed by atoms with Crippen LogP contribution in [0.15, 0.2) is 60.7 Å². The molecule has 0 saturated heterocycles. The molecule has 3 aromatic rings.